The molecule has 7 heteroatoms. The van der Waals surface area contributed by atoms with Crippen LogP contribution < -0.4 is 0 Å². The van der Waals surface area contributed by atoms with Crippen LogP contribution in [0.25, 0.3) is 0 Å². The smallest absolute Gasteiger partial charge is 0.328 e. The van der Waals surface area contributed by atoms with Crippen LogP contribution in [0.3, 0.4) is 0 Å². The van der Waals surface area contributed by atoms with E-state index in [4.69, 9.17) is 14.5 Å². The van der Waals surface area contributed by atoms with Crippen molar-refractivity contribution in [3.05, 3.63) is 11.9 Å². The molecule has 0 aromatic rings. The summed E-state index contributed by atoms with van der Waals surface area (Å²) in [5.41, 5.74) is 0. The number of hydrogen-bond donors (Lipinski definition) is 2. The summed E-state index contributed by atoms with van der Waals surface area (Å²) >= 11 is 0. The molecule has 12 heavy (non-hydrogen) atoms. The van der Waals surface area contributed by atoms with Gasteiger partial charge in [-0.2, -0.15) is 0 Å². The molecule has 0 bridgehead atoms. The average Bonchev–Trinajstić information content (AvgIpc) is 2.07. The number of hydrogen-bond acceptors (Lipinski definition) is 2. The molecule has 1 aliphatic rings. The van der Waals surface area contributed by atoms with E-state index in [1.807, 2.05) is 0 Å². The van der Waals surface area contributed by atoms with Crippen molar-refractivity contribution in [2.24, 2.45) is 0 Å². The fraction of sp³-hybridized carbons (Fsp3) is 0.600. The molecule has 0 aromatic heterocycles. The van der Waals surface area contributed by atoms with E-state index in [9.17, 15) is 8.96 Å². The predicted molar refractivity (Wildman–Crippen MR) is 43.3 cm³/mol. The van der Waals surface area contributed by atoms with Gasteiger partial charge in [0, 0.05) is 0 Å². The van der Waals surface area contributed by atoms with Crippen molar-refractivity contribution < 1.29 is 23.5 Å². The molecule has 0 saturated carbocycles. The molecule has 0 aromatic carbocycles. The minimum Gasteiger partial charge on any atom is -0.372 e. The second-order valence-corrected chi connectivity index (χ2v) is 4.41. The lowest BCUT2D eigenvalue weighted by Crippen LogP contribution is -2.16. The molecule has 1 heterocycles. The van der Waals surface area contributed by atoms with Crippen molar-refractivity contribution in [2.75, 3.05) is 6.16 Å². The lowest BCUT2D eigenvalue weighted by molar-refractivity contribution is 0.104. The van der Waals surface area contributed by atoms with Crippen LogP contribution in [0.15, 0.2) is 11.9 Å². The van der Waals surface area contributed by atoms with Gasteiger partial charge in [0.15, 0.2) is 0 Å². The van der Waals surface area contributed by atoms with E-state index in [1.165, 1.54) is 7.85 Å². The van der Waals surface area contributed by atoms with E-state index in [1.54, 1.807) is 0 Å². The van der Waals surface area contributed by atoms with Gasteiger partial charge < -0.3 is 14.5 Å². The zero-order chi connectivity index (χ0) is 9.35. The van der Waals surface area contributed by atoms with Gasteiger partial charge in [-0.15, -0.1) is 0 Å². The maximum absolute atomic E-state index is 12.6. The molecule has 1 aliphatic heterocycles. The van der Waals surface area contributed by atoms with Crippen LogP contribution in [0.1, 0.15) is 0 Å². The van der Waals surface area contributed by atoms with E-state index < -0.39 is 31.7 Å². The average molecular weight is 194 g/mol. The molecule has 2 atom stereocenters. The highest BCUT2D eigenvalue weighted by Crippen LogP contribution is 2.38. The van der Waals surface area contributed by atoms with Gasteiger partial charge in [-0.25, -0.2) is 4.39 Å². The Morgan fingerprint density at radius 3 is 2.67 bits per heavy atom. The van der Waals surface area contributed by atoms with Crippen LogP contribution in [0.4, 0.5) is 4.39 Å². The van der Waals surface area contributed by atoms with Crippen molar-refractivity contribution in [1.29, 1.82) is 0 Å². The molecule has 0 saturated heterocycles. The van der Waals surface area contributed by atoms with Crippen molar-refractivity contribution >= 4 is 15.4 Å². The highest BCUT2D eigenvalue weighted by atomic mass is 31.2. The molecule has 68 valence electrons. The third kappa shape index (κ3) is 2.71. The molecular formula is C5H9BFO4P. The molecule has 2 N–H and O–H groups in total. The molecule has 0 radical (unpaired) electrons. The summed E-state index contributed by atoms with van der Waals surface area (Å²) in [6.07, 6.45) is -0.144. The molecular weight excluding hydrogens is 185 g/mol. The van der Waals surface area contributed by atoms with Crippen LogP contribution in [-0.4, -0.2) is 35.9 Å². The Morgan fingerprint density at radius 1 is 1.75 bits per heavy atom. The summed E-state index contributed by atoms with van der Waals surface area (Å²) in [5.74, 6) is -0.464. The van der Waals surface area contributed by atoms with Crippen LogP contribution in [0.2, 0.25) is 0 Å². The molecule has 0 aliphatic carbocycles. The second-order valence-electron chi connectivity index (χ2n) is 2.72. The normalized spacial score (nSPS) is 30.4. The van der Waals surface area contributed by atoms with E-state index in [0.717, 1.165) is 6.08 Å². The summed E-state index contributed by atoms with van der Waals surface area (Å²) in [5, 5.41) is 0. The van der Waals surface area contributed by atoms with Crippen molar-refractivity contribution in [2.45, 2.75) is 12.1 Å². The number of ether oxygens (including phenoxy) is 1. The molecule has 0 amide bonds. The van der Waals surface area contributed by atoms with Gasteiger partial charge in [0.1, 0.15) is 13.7 Å². The quantitative estimate of drug-likeness (QED) is 0.453. The first-order valence-electron chi connectivity index (χ1n) is 3.46. The Bertz CT molecular complexity index is 250. The molecule has 0 spiro atoms. The predicted octanol–water partition coefficient (Wildman–Crippen LogP) is -0.625. The Labute approximate surface area is 70.0 Å². The standard InChI is InChI=1S/C5H9BFO4P/c6-5-4(7)1-3(11-5)2-12(8,9)10/h1,3,5H,2,6H2,(H2,8,9,10). The monoisotopic (exact) mass is 194 g/mol. The van der Waals surface area contributed by atoms with E-state index >= 15 is 0 Å². The van der Waals surface area contributed by atoms with Gasteiger partial charge in [0.25, 0.3) is 0 Å². The van der Waals surface area contributed by atoms with Crippen molar-refractivity contribution in [1.82, 2.24) is 0 Å². The fourth-order valence-electron chi connectivity index (χ4n) is 1.01. The first kappa shape index (κ1) is 9.93. The first-order chi connectivity index (χ1) is 5.38. The van der Waals surface area contributed by atoms with E-state index in [0.29, 0.717) is 0 Å². The maximum Gasteiger partial charge on any atom is 0.328 e. The van der Waals surface area contributed by atoms with Crippen LogP contribution in [-0.2, 0) is 9.30 Å². The Kier molecular flexibility index (Phi) is 2.73. The number of halogens is 1. The summed E-state index contributed by atoms with van der Waals surface area (Å²) in [7, 11) is -2.61. The first-order valence-corrected chi connectivity index (χ1v) is 5.25. The molecule has 0 fully saturated rings. The van der Waals surface area contributed by atoms with E-state index in [-0.39, 0.29) is 0 Å². The highest BCUT2D eigenvalue weighted by molar-refractivity contribution is 7.51. The summed E-state index contributed by atoms with van der Waals surface area (Å²) < 4.78 is 28.0. The summed E-state index contributed by atoms with van der Waals surface area (Å²) in [6, 6.07) is -0.679. The van der Waals surface area contributed by atoms with Gasteiger partial charge >= 0.3 is 7.60 Å². The largest absolute Gasteiger partial charge is 0.372 e. The van der Waals surface area contributed by atoms with Crippen molar-refractivity contribution in [3.8, 4) is 0 Å². The SMILES string of the molecule is BC1OC(CP(=O)(O)O)C=C1F. The minimum atomic E-state index is -4.10. The van der Waals surface area contributed by atoms with Crippen LogP contribution in [0.5, 0.6) is 0 Å². The Balaban J connectivity index is 2.54. The van der Waals surface area contributed by atoms with Gasteiger partial charge in [-0.1, -0.05) is 0 Å². The maximum atomic E-state index is 12.6. The zero-order valence-corrected chi connectivity index (χ0v) is 7.37. The number of rotatable bonds is 2. The Hall–Kier alpha value is -0.155. The third-order valence-corrected chi connectivity index (χ3v) is 2.37. The second kappa shape index (κ2) is 3.30. The third-order valence-electron chi connectivity index (χ3n) is 1.53. The zero-order valence-electron chi connectivity index (χ0n) is 6.48. The van der Waals surface area contributed by atoms with Gasteiger partial charge in [0.05, 0.1) is 18.3 Å². The molecule has 4 nitrogen and oxygen atoms in total. The Morgan fingerprint density at radius 2 is 2.33 bits per heavy atom. The van der Waals surface area contributed by atoms with Gasteiger partial charge in [0.2, 0.25) is 0 Å². The van der Waals surface area contributed by atoms with Gasteiger partial charge in [-0.3, -0.25) is 4.57 Å². The molecule has 1 rings (SSSR count). The van der Waals surface area contributed by atoms with Crippen molar-refractivity contribution in [3.63, 3.8) is 0 Å². The summed E-state index contributed by atoms with van der Waals surface area (Å²) in [4.78, 5) is 17.1. The fourth-order valence-corrected chi connectivity index (χ4v) is 1.67. The van der Waals surface area contributed by atoms with Gasteiger partial charge in [-0.05, 0) is 6.08 Å². The molecule has 2 unspecified atom stereocenters. The highest BCUT2D eigenvalue weighted by Gasteiger charge is 2.29. The summed E-state index contributed by atoms with van der Waals surface area (Å²) in [6.45, 7) is 0. The lowest BCUT2D eigenvalue weighted by Gasteiger charge is -2.11. The van der Waals surface area contributed by atoms with Crippen LogP contribution in [0, 0.1) is 0 Å². The topological polar surface area (TPSA) is 66.8 Å². The van der Waals surface area contributed by atoms with Crippen LogP contribution >= 0.6 is 7.60 Å². The van der Waals surface area contributed by atoms with E-state index in [2.05, 4.69) is 0 Å². The minimum absolute atomic E-state index is 0.454. The lowest BCUT2D eigenvalue weighted by atomic mass is 10.0.